The molecule has 0 saturated carbocycles. The molecule has 3 rings (SSSR count). The monoisotopic (exact) mass is 319 g/mol. The number of hydrogen-bond donors (Lipinski definition) is 2. The van der Waals surface area contributed by atoms with Crippen molar-refractivity contribution < 1.29 is 18.6 Å². The summed E-state index contributed by atoms with van der Waals surface area (Å²) in [5.74, 6) is -1.30. The molecule has 1 heterocycles. The highest BCUT2D eigenvalue weighted by molar-refractivity contribution is 5.29. The third kappa shape index (κ3) is 3.42. The lowest BCUT2D eigenvalue weighted by Gasteiger charge is -2.39. The Balaban J connectivity index is 1.97. The molecule has 1 saturated heterocycles. The Bertz CT molecular complexity index is 659. The first-order valence-corrected chi connectivity index (χ1v) is 7.64. The van der Waals surface area contributed by atoms with E-state index in [9.17, 15) is 13.9 Å². The standard InChI is InChI=1S/C18H19F2NO2/c19-15-7-6-13(16(20)10-15)11-18(22,14-4-2-1-3-5-14)17-12-21-8-9-23-17/h1-7,10,17,21-22H,8-9,11-12H2. The van der Waals surface area contributed by atoms with Crippen molar-refractivity contribution in [2.75, 3.05) is 19.7 Å². The lowest BCUT2D eigenvalue weighted by Crippen LogP contribution is -2.52. The molecular formula is C18H19F2NO2. The number of halogens is 2. The van der Waals surface area contributed by atoms with Gasteiger partial charge in [0.05, 0.1) is 6.61 Å². The smallest absolute Gasteiger partial charge is 0.129 e. The van der Waals surface area contributed by atoms with E-state index < -0.39 is 23.3 Å². The van der Waals surface area contributed by atoms with Crippen LogP contribution in [0.3, 0.4) is 0 Å². The van der Waals surface area contributed by atoms with Gasteiger partial charge in [-0.2, -0.15) is 0 Å². The Morgan fingerprint density at radius 2 is 1.96 bits per heavy atom. The minimum absolute atomic E-state index is 0.00940. The van der Waals surface area contributed by atoms with Crippen molar-refractivity contribution in [1.82, 2.24) is 5.32 Å². The first kappa shape index (κ1) is 16.1. The summed E-state index contributed by atoms with van der Waals surface area (Å²) in [7, 11) is 0. The number of nitrogens with one attached hydrogen (secondary N) is 1. The van der Waals surface area contributed by atoms with Gasteiger partial charge in [0.15, 0.2) is 0 Å². The van der Waals surface area contributed by atoms with Crippen LogP contribution in [0.2, 0.25) is 0 Å². The summed E-state index contributed by atoms with van der Waals surface area (Å²) in [5, 5.41) is 14.5. The van der Waals surface area contributed by atoms with Gasteiger partial charge >= 0.3 is 0 Å². The fourth-order valence-electron chi connectivity index (χ4n) is 2.96. The lowest BCUT2D eigenvalue weighted by atomic mass is 9.82. The molecule has 0 radical (unpaired) electrons. The minimum atomic E-state index is -1.40. The quantitative estimate of drug-likeness (QED) is 0.909. The number of benzene rings is 2. The maximum Gasteiger partial charge on any atom is 0.129 e. The van der Waals surface area contributed by atoms with Crippen LogP contribution in [-0.2, 0) is 16.8 Å². The fraction of sp³-hybridized carbons (Fsp3) is 0.333. The van der Waals surface area contributed by atoms with Crippen LogP contribution in [0.15, 0.2) is 48.5 Å². The van der Waals surface area contributed by atoms with Crippen LogP contribution < -0.4 is 5.32 Å². The van der Waals surface area contributed by atoms with Crippen molar-refractivity contribution in [2.24, 2.45) is 0 Å². The summed E-state index contributed by atoms with van der Waals surface area (Å²) in [6, 6.07) is 12.5. The summed E-state index contributed by atoms with van der Waals surface area (Å²) in [6.07, 6.45) is -0.502. The van der Waals surface area contributed by atoms with Crippen LogP contribution in [0, 0.1) is 11.6 Å². The second-order valence-electron chi connectivity index (χ2n) is 5.77. The molecule has 2 aromatic carbocycles. The largest absolute Gasteiger partial charge is 0.382 e. The van der Waals surface area contributed by atoms with Crippen LogP contribution in [-0.4, -0.2) is 30.9 Å². The molecule has 2 N–H and O–H groups in total. The predicted molar refractivity (Wildman–Crippen MR) is 83.0 cm³/mol. The van der Waals surface area contributed by atoms with Crippen molar-refractivity contribution in [2.45, 2.75) is 18.1 Å². The first-order valence-electron chi connectivity index (χ1n) is 7.64. The van der Waals surface area contributed by atoms with Crippen molar-refractivity contribution in [3.8, 4) is 0 Å². The number of morpholine rings is 1. The zero-order valence-corrected chi connectivity index (χ0v) is 12.6. The molecule has 0 spiro atoms. The van der Waals surface area contributed by atoms with E-state index in [4.69, 9.17) is 4.74 Å². The highest BCUT2D eigenvalue weighted by Crippen LogP contribution is 2.32. The number of ether oxygens (including phenoxy) is 1. The highest BCUT2D eigenvalue weighted by atomic mass is 19.1. The van der Waals surface area contributed by atoms with Crippen molar-refractivity contribution in [1.29, 1.82) is 0 Å². The van der Waals surface area contributed by atoms with Gasteiger partial charge in [0.1, 0.15) is 23.3 Å². The third-order valence-corrected chi connectivity index (χ3v) is 4.21. The Hall–Kier alpha value is -1.82. The maximum atomic E-state index is 14.1. The third-order valence-electron chi connectivity index (χ3n) is 4.21. The van der Waals surface area contributed by atoms with Crippen molar-refractivity contribution in [3.63, 3.8) is 0 Å². The molecule has 0 aliphatic carbocycles. The zero-order chi connectivity index (χ0) is 16.3. The van der Waals surface area contributed by atoms with Crippen LogP contribution in [0.5, 0.6) is 0 Å². The summed E-state index contributed by atoms with van der Waals surface area (Å²) in [4.78, 5) is 0. The number of aliphatic hydroxyl groups is 1. The van der Waals surface area contributed by atoms with Crippen LogP contribution in [0.1, 0.15) is 11.1 Å². The molecule has 23 heavy (non-hydrogen) atoms. The van der Waals surface area contributed by atoms with E-state index in [0.717, 1.165) is 6.07 Å². The molecular weight excluding hydrogens is 300 g/mol. The molecule has 0 aromatic heterocycles. The van der Waals surface area contributed by atoms with E-state index in [1.54, 1.807) is 12.1 Å². The summed E-state index contributed by atoms with van der Waals surface area (Å²) < 4.78 is 32.9. The number of rotatable bonds is 4. The summed E-state index contributed by atoms with van der Waals surface area (Å²) >= 11 is 0. The van der Waals surface area contributed by atoms with E-state index in [1.165, 1.54) is 12.1 Å². The molecule has 2 aromatic rings. The van der Waals surface area contributed by atoms with Crippen LogP contribution in [0.25, 0.3) is 0 Å². The van der Waals surface area contributed by atoms with E-state index in [-0.39, 0.29) is 12.0 Å². The van der Waals surface area contributed by atoms with Gasteiger partial charge in [-0.3, -0.25) is 0 Å². The fourth-order valence-corrected chi connectivity index (χ4v) is 2.96. The Kier molecular flexibility index (Phi) is 4.71. The molecule has 0 bridgehead atoms. The molecule has 2 unspecified atom stereocenters. The summed E-state index contributed by atoms with van der Waals surface area (Å²) in [6.45, 7) is 1.66. The molecule has 0 amide bonds. The van der Waals surface area contributed by atoms with Gasteiger partial charge in [0, 0.05) is 25.6 Å². The van der Waals surface area contributed by atoms with E-state index in [1.807, 2.05) is 18.2 Å². The molecule has 1 aliphatic heterocycles. The topological polar surface area (TPSA) is 41.5 Å². The van der Waals surface area contributed by atoms with Crippen LogP contribution in [0.4, 0.5) is 8.78 Å². The van der Waals surface area contributed by atoms with Crippen molar-refractivity contribution in [3.05, 3.63) is 71.3 Å². The first-order chi connectivity index (χ1) is 11.1. The van der Waals surface area contributed by atoms with Gasteiger partial charge in [-0.25, -0.2) is 8.78 Å². The molecule has 2 atom stereocenters. The zero-order valence-electron chi connectivity index (χ0n) is 12.6. The second kappa shape index (κ2) is 6.74. The van der Waals surface area contributed by atoms with Crippen LogP contribution >= 0.6 is 0 Å². The maximum absolute atomic E-state index is 14.1. The Labute approximate surface area is 133 Å². The van der Waals surface area contributed by atoms with Gasteiger partial charge in [-0.1, -0.05) is 36.4 Å². The normalized spacial score (nSPS) is 20.9. The number of hydrogen-bond acceptors (Lipinski definition) is 3. The predicted octanol–water partition coefficient (Wildman–Crippen LogP) is 2.38. The Morgan fingerprint density at radius 3 is 2.61 bits per heavy atom. The minimum Gasteiger partial charge on any atom is -0.382 e. The molecule has 1 fully saturated rings. The van der Waals surface area contributed by atoms with Gasteiger partial charge in [-0.15, -0.1) is 0 Å². The SMILES string of the molecule is OC(Cc1ccc(F)cc1F)(c1ccccc1)C1CNCCO1. The van der Waals surface area contributed by atoms with Gasteiger partial charge in [0.2, 0.25) is 0 Å². The average Bonchev–Trinajstić information content (AvgIpc) is 2.59. The van der Waals surface area contributed by atoms with E-state index in [2.05, 4.69) is 5.32 Å². The Morgan fingerprint density at radius 1 is 1.17 bits per heavy atom. The summed E-state index contributed by atoms with van der Waals surface area (Å²) in [5.41, 5.74) is -0.489. The van der Waals surface area contributed by atoms with E-state index in [0.29, 0.717) is 25.3 Å². The lowest BCUT2D eigenvalue weighted by molar-refractivity contribution is -0.124. The van der Waals surface area contributed by atoms with Crippen molar-refractivity contribution >= 4 is 0 Å². The molecule has 1 aliphatic rings. The molecule has 3 nitrogen and oxygen atoms in total. The van der Waals surface area contributed by atoms with Gasteiger partial charge in [0.25, 0.3) is 0 Å². The highest BCUT2D eigenvalue weighted by Gasteiger charge is 2.41. The molecule has 122 valence electrons. The van der Waals surface area contributed by atoms with Gasteiger partial charge in [-0.05, 0) is 17.2 Å². The van der Waals surface area contributed by atoms with E-state index >= 15 is 0 Å². The second-order valence-corrected chi connectivity index (χ2v) is 5.77. The molecule has 5 heteroatoms. The average molecular weight is 319 g/mol. The van der Waals surface area contributed by atoms with Gasteiger partial charge < -0.3 is 15.2 Å².